The second-order valence-electron chi connectivity index (χ2n) is 3.08. The van der Waals surface area contributed by atoms with Crippen LogP contribution in [0.1, 0.15) is 30.9 Å². The SMILES string of the molecule is CC(C)c1[c]ncc(C(F)(F)F)c1. The second-order valence-corrected chi connectivity index (χ2v) is 3.08. The Morgan fingerprint density at radius 2 is 2.00 bits per heavy atom. The lowest BCUT2D eigenvalue weighted by atomic mass is 10.0. The normalized spacial score (nSPS) is 12.2. The molecule has 0 N–H and O–H groups in total. The molecule has 0 spiro atoms. The summed E-state index contributed by atoms with van der Waals surface area (Å²) in [5.41, 5.74) is -0.232. The van der Waals surface area contributed by atoms with Crippen LogP contribution in [0.4, 0.5) is 13.2 Å². The molecule has 13 heavy (non-hydrogen) atoms. The molecule has 0 aliphatic heterocycles. The predicted octanol–water partition coefficient (Wildman–Crippen LogP) is 3.02. The lowest BCUT2D eigenvalue weighted by Crippen LogP contribution is -2.06. The van der Waals surface area contributed by atoms with E-state index in [-0.39, 0.29) is 5.92 Å². The van der Waals surface area contributed by atoms with Crippen molar-refractivity contribution in [3.05, 3.63) is 29.6 Å². The van der Waals surface area contributed by atoms with Crippen LogP contribution in [0.5, 0.6) is 0 Å². The molecule has 0 amide bonds. The molecule has 0 unspecified atom stereocenters. The van der Waals surface area contributed by atoms with Gasteiger partial charge in [0.2, 0.25) is 0 Å². The van der Waals surface area contributed by atoms with Gasteiger partial charge in [0.1, 0.15) is 0 Å². The van der Waals surface area contributed by atoms with Gasteiger partial charge in [-0.25, -0.2) is 0 Å². The monoisotopic (exact) mass is 188 g/mol. The van der Waals surface area contributed by atoms with E-state index in [9.17, 15) is 13.2 Å². The zero-order chi connectivity index (χ0) is 10.1. The Morgan fingerprint density at radius 1 is 1.38 bits per heavy atom. The fraction of sp³-hybridized carbons (Fsp3) is 0.444. The highest BCUT2D eigenvalue weighted by Gasteiger charge is 2.31. The Balaban J connectivity index is 3.06. The molecule has 1 nitrogen and oxygen atoms in total. The first-order valence-electron chi connectivity index (χ1n) is 3.86. The van der Waals surface area contributed by atoms with Crippen LogP contribution in [-0.4, -0.2) is 4.98 Å². The van der Waals surface area contributed by atoms with Crippen molar-refractivity contribution < 1.29 is 13.2 Å². The molecule has 4 heteroatoms. The minimum Gasteiger partial charge on any atom is -0.254 e. The summed E-state index contributed by atoms with van der Waals surface area (Å²) in [6.07, 6.45) is -1.000. The molecule has 0 aliphatic carbocycles. The number of pyridine rings is 1. The highest BCUT2D eigenvalue weighted by atomic mass is 19.4. The first-order chi connectivity index (χ1) is 5.91. The minimum atomic E-state index is -4.31. The molecule has 0 fully saturated rings. The van der Waals surface area contributed by atoms with Crippen molar-refractivity contribution in [1.29, 1.82) is 0 Å². The van der Waals surface area contributed by atoms with E-state index >= 15 is 0 Å². The Hall–Kier alpha value is -1.06. The van der Waals surface area contributed by atoms with E-state index < -0.39 is 11.7 Å². The first-order valence-corrected chi connectivity index (χ1v) is 3.86. The summed E-state index contributed by atoms with van der Waals surface area (Å²) in [6.45, 7) is 3.60. The molecule has 0 saturated carbocycles. The molecule has 1 aromatic heterocycles. The maximum Gasteiger partial charge on any atom is 0.417 e. The van der Waals surface area contributed by atoms with Crippen molar-refractivity contribution in [3.63, 3.8) is 0 Å². The summed E-state index contributed by atoms with van der Waals surface area (Å²) < 4.78 is 36.5. The third kappa shape index (κ3) is 2.44. The average molecular weight is 188 g/mol. The molecule has 71 valence electrons. The van der Waals surface area contributed by atoms with Crippen molar-refractivity contribution in [2.75, 3.05) is 0 Å². The molecule has 0 aromatic carbocycles. The van der Waals surface area contributed by atoms with Gasteiger partial charge in [-0.05, 0) is 17.5 Å². The second kappa shape index (κ2) is 3.36. The average Bonchev–Trinajstić information content (AvgIpc) is 2.03. The topological polar surface area (TPSA) is 12.9 Å². The molecule has 1 radical (unpaired) electrons. The summed E-state index contributed by atoms with van der Waals surface area (Å²) in [4.78, 5) is 3.43. The summed E-state index contributed by atoms with van der Waals surface area (Å²) in [5.74, 6) is 0.00907. The maximum absolute atomic E-state index is 12.2. The van der Waals surface area contributed by atoms with Crippen LogP contribution in [-0.2, 0) is 6.18 Å². The lowest BCUT2D eigenvalue weighted by Gasteiger charge is -2.08. The number of halogens is 3. The van der Waals surface area contributed by atoms with Crippen LogP contribution in [0.25, 0.3) is 0 Å². The van der Waals surface area contributed by atoms with Gasteiger partial charge in [-0.3, -0.25) is 4.98 Å². The molecule has 1 aromatic rings. The van der Waals surface area contributed by atoms with Gasteiger partial charge in [0.15, 0.2) is 0 Å². The molecule has 0 atom stereocenters. The van der Waals surface area contributed by atoms with E-state index in [0.29, 0.717) is 5.56 Å². The van der Waals surface area contributed by atoms with Crippen molar-refractivity contribution >= 4 is 0 Å². The van der Waals surface area contributed by atoms with Crippen molar-refractivity contribution in [2.45, 2.75) is 25.9 Å². The van der Waals surface area contributed by atoms with Gasteiger partial charge in [0, 0.05) is 6.20 Å². The Morgan fingerprint density at radius 3 is 2.46 bits per heavy atom. The van der Waals surface area contributed by atoms with Crippen LogP contribution < -0.4 is 0 Å². The zero-order valence-corrected chi connectivity index (χ0v) is 7.31. The van der Waals surface area contributed by atoms with Gasteiger partial charge in [0.25, 0.3) is 0 Å². The number of hydrogen-bond donors (Lipinski definition) is 0. The largest absolute Gasteiger partial charge is 0.417 e. The summed E-state index contributed by atoms with van der Waals surface area (Å²) >= 11 is 0. The zero-order valence-electron chi connectivity index (χ0n) is 7.31. The van der Waals surface area contributed by atoms with E-state index in [1.165, 1.54) is 0 Å². The summed E-state index contributed by atoms with van der Waals surface area (Å²) in [6, 6.07) is 1.08. The minimum absolute atomic E-state index is 0.00907. The third-order valence-corrected chi connectivity index (χ3v) is 1.66. The Labute approximate surface area is 74.6 Å². The molecule has 0 saturated heterocycles. The first kappa shape index (κ1) is 10.0. The predicted molar refractivity (Wildman–Crippen MR) is 42.2 cm³/mol. The fourth-order valence-electron chi connectivity index (χ4n) is 0.864. The van der Waals surface area contributed by atoms with Gasteiger partial charge in [-0.2, -0.15) is 13.2 Å². The van der Waals surface area contributed by atoms with Gasteiger partial charge < -0.3 is 0 Å². The lowest BCUT2D eigenvalue weighted by molar-refractivity contribution is -0.137. The van der Waals surface area contributed by atoms with Crippen LogP contribution in [0.2, 0.25) is 0 Å². The van der Waals surface area contributed by atoms with Gasteiger partial charge in [-0.1, -0.05) is 13.8 Å². The molecule has 1 rings (SSSR count). The van der Waals surface area contributed by atoms with Crippen LogP contribution in [0.3, 0.4) is 0 Å². The maximum atomic E-state index is 12.2. The molecular formula is C9H9F3N. The molecule has 0 aliphatic rings. The van der Waals surface area contributed by atoms with E-state index in [4.69, 9.17) is 0 Å². The van der Waals surface area contributed by atoms with Crippen molar-refractivity contribution in [3.8, 4) is 0 Å². The standard InChI is InChI=1S/C9H9F3N/c1-6(2)7-3-8(5-13-4-7)9(10,11)12/h3,5-6H,1-2H3. The van der Waals surface area contributed by atoms with Crippen LogP contribution in [0.15, 0.2) is 12.3 Å². The van der Waals surface area contributed by atoms with Gasteiger partial charge in [-0.15, -0.1) is 0 Å². The summed E-state index contributed by atoms with van der Waals surface area (Å²) in [5, 5.41) is 0. The van der Waals surface area contributed by atoms with E-state index in [1.54, 1.807) is 13.8 Å². The molecular weight excluding hydrogens is 179 g/mol. The highest BCUT2D eigenvalue weighted by Crippen LogP contribution is 2.29. The fourth-order valence-corrected chi connectivity index (χ4v) is 0.864. The van der Waals surface area contributed by atoms with Crippen LogP contribution >= 0.6 is 0 Å². The van der Waals surface area contributed by atoms with E-state index in [0.717, 1.165) is 12.3 Å². The molecule has 1 heterocycles. The summed E-state index contributed by atoms with van der Waals surface area (Å²) in [7, 11) is 0. The number of aromatic nitrogens is 1. The van der Waals surface area contributed by atoms with Gasteiger partial charge >= 0.3 is 6.18 Å². The molecule has 0 bridgehead atoms. The van der Waals surface area contributed by atoms with Crippen molar-refractivity contribution in [2.24, 2.45) is 0 Å². The van der Waals surface area contributed by atoms with Crippen molar-refractivity contribution in [1.82, 2.24) is 4.98 Å². The smallest absolute Gasteiger partial charge is 0.254 e. The third-order valence-electron chi connectivity index (χ3n) is 1.66. The van der Waals surface area contributed by atoms with E-state index in [1.807, 2.05) is 0 Å². The number of hydrogen-bond acceptors (Lipinski definition) is 1. The van der Waals surface area contributed by atoms with E-state index in [2.05, 4.69) is 11.2 Å². The Kier molecular flexibility index (Phi) is 2.59. The quantitative estimate of drug-likeness (QED) is 0.660. The van der Waals surface area contributed by atoms with Gasteiger partial charge in [0.05, 0.1) is 11.8 Å². The highest BCUT2D eigenvalue weighted by molar-refractivity contribution is 5.21. The number of alkyl halides is 3. The Bertz CT molecular complexity index is 291. The van der Waals surface area contributed by atoms with Crippen LogP contribution in [0, 0.1) is 6.20 Å². The number of nitrogens with zero attached hydrogens (tertiary/aromatic N) is 1. The number of rotatable bonds is 1.